The largest absolute Gasteiger partial charge is 0.417 e. The second-order valence-electron chi connectivity index (χ2n) is 4.42. The summed E-state index contributed by atoms with van der Waals surface area (Å²) in [5.41, 5.74) is 1.93. The molecule has 0 saturated heterocycles. The second kappa shape index (κ2) is 5.57. The van der Waals surface area contributed by atoms with Crippen LogP contribution in [0.3, 0.4) is 0 Å². The highest BCUT2D eigenvalue weighted by Crippen LogP contribution is 2.28. The Morgan fingerprint density at radius 3 is 2.36 bits per heavy atom. The molecule has 0 aliphatic heterocycles. The normalized spacial score (nSPS) is 12.4. The highest BCUT2D eigenvalue weighted by Gasteiger charge is 2.30. The fourth-order valence-corrected chi connectivity index (χ4v) is 2.97. The van der Waals surface area contributed by atoms with Crippen LogP contribution in [0, 0.1) is 13.8 Å². The predicted octanol–water partition coefficient (Wildman–Crippen LogP) is 1.75. The number of pyridine rings is 1. The molecule has 2 heterocycles. The summed E-state index contributed by atoms with van der Waals surface area (Å²) in [4.78, 5) is 5.49. The summed E-state index contributed by atoms with van der Waals surface area (Å²) < 4.78 is 61.3. The monoisotopic (exact) mass is 335 g/mol. The number of aryl methyl sites for hydroxylation is 2. The van der Waals surface area contributed by atoms with Gasteiger partial charge in [-0.2, -0.15) is 18.3 Å². The van der Waals surface area contributed by atoms with E-state index in [0.29, 0.717) is 11.9 Å². The van der Waals surface area contributed by atoms with Gasteiger partial charge < -0.3 is 0 Å². The number of H-pyrrole nitrogens is 1. The van der Waals surface area contributed by atoms with Crippen molar-refractivity contribution in [1.29, 1.82) is 0 Å². The van der Waals surface area contributed by atoms with Gasteiger partial charge in [0.25, 0.3) is 10.0 Å². The fraction of sp³-hybridized carbons (Fsp3) is 0.273. The lowest BCUT2D eigenvalue weighted by molar-refractivity contribution is -0.137. The molecule has 2 aromatic heterocycles. The van der Waals surface area contributed by atoms with Crippen molar-refractivity contribution >= 4 is 15.8 Å². The zero-order valence-electron chi connectivity index (χ0n) is 11.5. The summed E-state index contributed by atoms with van der Waals surface area (Å²) >= 11 is 0. The Bertz CT molecular complexity index is 749. The average molecular weight is 335 g/mol. The van der Waals surface area contributed by atoms with Gasteiger partial charge in [0.1, 0.15) is 10.7 Å². The first-order chi connectivity index (χ1) is 10.1. The maximum absolute atomic E-state index is 12.4. The average Bonchev–Trinajstić information content (AvgIpc) is 2.76. The number of aromatic amines is 1. The number of nitrogens with one attached hydrogen (secondary N) is 3. The summed E-state index contributed by atoms with van der Waals surface area (Å²) in [6.45, 7) is 3.04. The van der Waals surface area contributed by atoms with Crippen LogP contribution in [0.5, 0.6) is 0 Å². The van der Waals surface area contributed by atoms with E-state index in [4.69, 9.17) is 0 Å². The van der Waals surface area contributed by atoms with E-state index >= 15 is 0 Å². The first-order valence-corrected chi connectivity index (χ1v) is 7.42. The minimum atomic E-state index is -4.50. The molecule has 7 nitrogen and oxygen atoms in total. The van der Waals surface area contributed by atoms with Crippen LogP contribution in [0.4, 0.5) is 19.0 Å². The summed E-state index contributed by atoms with van der Waals surface area (Å²) in [6.07, 6.45) is -3.90. The van der Waals surface area contributed by atoms with E-state index in [2.05, 4.69) is 20.6 Å². The van der Waals surface area contributed by atoms with Gasteiger partial charge in [0.15, 0.2) is 0 Å². The first kappa shape index (κ1) is 16.2. The van der Waals surface area contributed by atoms with Crippen LogP contribution in [0.1, 0.15) is 17.0 Å². The van der Waals surface area contributed by atoms with Crippen LogP contribution in [0.25, 0.3) is 0 Å². The third-order valence-electron chi connectivity index (χ3n) is 2.73. The van der Waals surface area contributed by atoms with Gasteiger partial charge in [0.05, 0.1) is 17.0 Å². The van der Waals surface area contributed by atoms with Gasteiger partial charge in [-0.3, -0.25) is 10.5 Å². The molecule has 0 atom stereocenters. The van der Waals surface area contributed by atoms with Gasteiger partial charge in [-0.25, -0.2) is 13.4 Å². The van der Waals surface area contributed by atoms with E-state index in [1.165, 1.54) is 13.8 Å². The van der Waals surface area contributed by atoms with Gasteiger partial charge in [-0.15, -0.1) is 4.83 Å². The van der Waals surface area contributed by atoms with Crippen molar-refractivity contribution in [3.63, 3.8) is 0 Å². The van der Waals surface area contributed by atoms with Gasteiger partial charge >= 0.3 is 6.18 Å². The number of aromatic nitrogens is 3. The molecule has 22 heavy (non-hydrogen) atoms. The lowest BCUT2D eigenvalue weighted by Crippen LogP contribution is -2.30. The fourth-order valence-electron chi connectivity index (χ4n) is 1.74. The maximum Gasteiger partial charge on any atom is 0.417 e. The minimum absolute atomic E-state index is 0.0353. The molecule has 2 rings (SSSR count). The topological polar surface area (TPSA) is 99.8 Å². The van der Waals surface area contributed by atoms with Crippen LogP contribution in [-0.4, -0.2) is 23.6 Å². The van der Waals surface area contributed by atoms with Crippen molar-refractivity contribution in [2.45, 2.75) is 24.9 Å². The van der Waals surface area contributed by atoms with E-state index in [0.717, 1.165) is 12.1 Å². The number of sulfonamides is 1. The predicted molar refractivity (Wildman–Crippen MR) is 71.2 cm³/mol. The molecule has 0 aliphatic carbocycles. The summed E-state index contributed by atoms with van der Waals surface area (Å²) in [6, 6.07) is 1.80. The SMILES string of the molecule is Cc1n[nH]c(C)c1S(=O)(=O)NNc1ccc(C(F)(F)F)cn1. The highest BCUT2D eigenvalue weighted by atomic mass is 32.2. The quantitative estimate of drug-likeness (QED) is 0.739. The molecule has 0 bridgehead atoms. The highest BCUT2D eigenvalue weighted by molar-refractivity contribution is 7.89. The van der Waals surface area contributed by atoms with E-state index in [9.17, 15) is 21.6 Å². The molecule has 0 amide bonds. The molecule has 120 valence electrons. The molecule has 2 aromatic rings. The Morgan fingerprint density at radius 2 is 1.91 bits per heavy atom. The van der Waals surface area contributed by atoms with Gasteiger partial charge in [0.2, 0.25) is 0 Å². The third kappa shape index (κ3) is 3.36. The minimum Gasteiger partial charge on any atom is -0.292 e. The molecule has 0 unspecified atom stereocenters. The van der Waals surface area contributed by atoms with E-state index < -0.39 is 21.8 Å². The third-order valence-corrected chi connectivity index (χ3v) is 4.24. The zero-order chi connectivity index (χ0) is 16.5. The Balaban J connectivity index is 2.13. The molecule has 0 radical (unpaired) electrons. The summed E-state index contributed by atoms with van der Waals surface area (Å²) in [7, 11) is -3.93. The number of hydrogen-bond donors (Lipinski definition) is 3. The number of rotatable bonds is 4. The smallest absolute Gasteiger partial charge is 0.292 e. The van der Waals surface area contributed by atoms with E-state index in [-0.39, 0.29) is 16.4 Å². The number of halogens is 3. The standard InChI is InChI=1S/C11H12F3N5O2S/c1-6-10(7(2)17-16-6)22(20,21)19-18-9-4-3-8(5-15-9)11(12,13)14/h3-5,19H,1-2H3,(H,15,18)(H,16,17). The van der Waals surface area contributed by atoms with Crippen molar-refractivity contribution in [3.8, 4) is 0 Å². The Labute approximate surface area is 124 Å². The van der Waals surface area contributed by atoms with Crippen LogP contribution in [0.15, 0.2) is 23.2 Å². The lowest BCUT2D eigenvalue weighted by Gasteiger charge is -2.10. The Hall–Kier alpha value is -2.14. The lowest BCUT2D eigenvalue weighted by atomic mass is 10.3. The van der Waals surface area contributed by atoms with Gasteiger partial charge in [-0.05, 0) is 26.0 Å². The summed E-state index contributed by atoms with van der Waals surface area (Å²) in [5.74, 6) is -0.0737. The number of anilines is 1. The van der Waals surface area contributed by atoms with Crippen LogP contribution >= 0.6 is 0 Å². The van der Waals surface area contributed by atoms with Gasteiger partial charge in [-0.1, -0.05) is 0 Å². The van der Waals surface area contributed by atoms with Crippen molar-refractivity contribution in [2.75, 3.05) is 5.43 Å². The molecule has 0 fully saturated rings. The zero-order valence-corrected chi connectivity index (χ0v) is 12.3. The number of alkyl halides is 3. The number of hydrogen-bond acceptors (Lipinski definition) is 5. The summed E-state index contributed by atoms with van der Waals surface area (Å²) in [5, 5.41) is 6.29. The van der Waals surface area contributed by atoms with Crippen LogP contribution < -0.4 is 10.3 Å². The molecule has 0 aliphatic rings. The molecule has 0 aromatic carbocycles. The first-order valence-electron chi connectivity index (χ1n) is 5.94. The van der Waals surface area contributed by atoms with Crippen molar-refractivity contribution in [1.82, 2.24) is 20.0 Å². The molecule has 0 saturated carbocycles. The number of nitrogens with zero attached hydrogens (tertiary/aromatic N) is 2. The maximum atomic E-state index is 12.4. The van der Waals surface area contributed by atoms with Gasteiger partial charge in [0, 0.05) is 6.20 Å². The van der Waals surface area contributed by atoms with Crippen molar-refractivity contribution in [2.24, 2.45) is 0 Å². The second-order valence-corrected chi connectivity index (χ2v) is 6.04. The molecular formula is C11H12F3N5O2S. The molecule has 3 N–H and O–H groups in total. The Kier molecular flexibility index (Phi) is 4.11. The van der Waals surface area contributed by atoms with E-state index in [1.807, 2.05) is 4.83 Å². The molecule has 0 spiro atoms. The van der Waals surface area contributed by atoms with Crippen molar-refractivity contribution < 1.29 is 21.6 Å². The van der Waals surface area contributed by atoms with E-state index in [1.54, 1.807) is 0 Å². The number of hydrazine groups is 1. The van der Waals surface area contributed by atoms with Crippen molar-refractivity contribution in [3.05, 3.63) is 35.3 Å². The van der Waals surface area contributed by atoms with Crippen LogP contribution in [-0.2, 0) is 16.2 Å². The van der Waals surface area contributed by atoms with Crippen LogP contribution in [0.2, 0.25) is 0 Å². The Morgan fingerprint density at radius 1 is 1.23 bits per heavy atom. The molecule has 11 heteroatoms. The molecular weight excluding hydrogens is 323 g/mol.